The topological polar surface area (TPSA) is 62.5 Å². The van der Waals surface area contributed by atoms with Gasteiger partial charge in [-0.25, -0.2) is 15.0 Å². The zero-order valence-corrected chi connectivity index (χ0v) is 14.7. The zero-order valence-electron chi connectivity index (χ0n) is 14.7. The number of nitrogens with zero attached hydrogens (tertiary/aromatic N) is 4. The third kappa shape index (κ3) is 4.07. The van der Waals surface area contributed by atoms with Crippen LogP contribution in [-0.4, -0.2) is 15.0 Å². The van der Waals surface area contributed by atoms with Crippen LogP contribution in [0.3, 0.4) is 0 Å². The first-order chi connectivity index (χ1) is 12.0. The standard InChI is InChI=1S/C21H20N4/c1-21(2,3)20-24-18(13-15-9-11-16(14-22)12-10-15)23-19(25-20)17-7-5-4-6-8-17/h4-12H,13H2,1-3H3. The van der Waals surface area contributed by atoms with Crippen molar-refractivity contribution in [2.75, 3.05) is 0 Å². The zero-order chi connectivity index (χ0) is 17.9. The second-order valence-corrected chi connectivity index (χ2v) is 7.00. The molecule has 0 radical (unpaired) electrons. The lowest BCUT2D eigenvalue weighted by atomic mass is 9.95. The summed E-state index contributed by atoms with van der Waals surface area (Å²) in [5.41, 5.74) is 2.55. The predicted molar refractivity (Wildman–Crippen MR) is 97.9 cm³/mol. The molecule has 0 amide bonds. The van der Waals surface area contributed by atoms with E-state index in [1.807, 2.05) is 54.6 Å². The number of hydrogen-bond acceptors (Lipinski definition) is 4. The number of hydrogen-bond donors (Lipinski definition) is 0. The molecule has 124 valence electrons. The maximum atomic E-state index is 8.92. The fourth-order valence-electron chi connectivity index (χ4n) is 2.43. The largest absolute Gasteiger partial charge is 0.217 e. The number of benzene rings is 2. The number of nitriles is 1. The van der Waals surface area contributed by atoms with Gasteiger partial charge in [0, 0.05) is 17.4 Å². The number of aromatic nitrogens is 3. The van der Waals surface area contributed by atoms with Gasteiger partial charge in [-0.05, 0) is 17.7 Å². The van der Waals surface area contributed by atoms with E-state index in [1.165, 1.54) is 0 Å². The fraction of sp³-hybridized carbons (Fsp3) is 0.238. The van der Waals surface area contributed by atoms with Crippen molar-refractivity contribution >= 4 is 0 Å². The first kappa shape index (κ1) is 16.8. The Morgan fingerprint density at radius 1 is 0.880 bits per heavy atom. The summed E-state index contributed by atoms with van der Waals surface area (Å²) in [7, 11) is 0. The Hall–Kier alpha value is -3.06. The Labute approximate surface area is 148 Å². The van der Waals surface area contributed by atoms with E-state index in [9.17, 15) is 0 Å². The van der Waals surface area contributed by atoms with Gasteiger partial charge < -0.3 is 0 Å². The van der Waals surface area contributed by atoms with E-state index in [0.29, 0.717) is 17.8 Å². The van der Waals surface area contributed by atoms with Crippen molar-refractivity contribution in [2.24, 2.45) is 0 Å². The average molecular weight is 328 g/mol. The van der Waals surface area contributed by atoms with Crippen LogP contribution >= 0.6 is 0 Å². The van der Waals surface area contributed by atoms with E-state index in [2.05, 4.69) is 41.8 Å². The molecule has 0 atom stereocenters. The summed E-state index contributed by atoms with van der Waals surface area (Å²) >= 11 is 0. The Balaban J connectivity index is 2.01. The van der Waals surface area contributed by atoms with Gasteiger partial charge in [-0.3, -0.25) is 0 Å². The maximum Gasteiger partial charge on any atom is 0.163 e. The average Bonchev–Trinajstić information content (AvgIpc) is 2.62. The molecule has 0 fully saturated rings. The summed E-state index contributed by atoms with van der Waals surface area (Å²) in [4.78, 5) is 14.0. The van der Waals surface area contributed by atoms with Crippen molar-refractivity contribution in [3.05, 3.63) is 77.4 Å². The Morgan fingerprint density at radius 2 is 1.56 bits per heavy atom. The lowest BCUT2D eigenvalue weighted by Crippen LogP contribution is -2.19. The molecule has 2 aromatic carbocycles. The summed E-state index contributed by atoms with van der Waals surface area (Å²) in [5, 5.41) is 8.92. The summed E-state index contributed by atoms with van der Waals surface area (Å²) < 4.78 is 0. The van der Waals surface area contributed by atoms with Gasteiger partial charge in [0.05, 0.1) is 11.6 Å². The molecular weight excluding hydrogens is 308 g/mol. The van der Waals surface area contributed by atoms with Crippen molar-refractivity contribution in [3.63, 3.8) is 0 Å². The van der Waals surface area contributed by atoms with Crippen LogP contribution in [0.1, 0.15) is 43.5 Å². The Morgan fingerprint density at radius 3 is 2.16 bits per heavy atom. The van der Waals surface area contributed by atoms with Gasteiger partial charge in [-0.15, -0.1) is 0 Å². The van der Waals surface area contributed by atoms with Crippen LogP contribution < -0.4 is 0 Å². The summed E-state index contributed by atoms with van der Waals surface area (Å²) in [6.45, 7) is 6.30. The van der Waals surface area contributed by atoms with Gasteiger partial charge in [0.2, 0.25) is 0 Å². The normalized spacial score (nSPS) is 11.1. The van der Waals surface area contributed by atoms with E-state index >= 15 is 0 Å². The maximum absolute atomic E-state index is 8.92. The predicted octanol–water partition coefficient (Wildman–Crippen LogP) is 4.30. The van der Waals surface area contributed by atoms with Crippen LogP contribution in [-0.2, 0) is 11.8 Å². The highest BCUT2D eigenvalue weighted by Gasteiger charge is 2.20. The van der Waals surface area contributed by atoms with E-state index in [4.69, 9.17) is 5.26 Å². The molecular formula is C21H20N4. The molecule has 0 aliphatic heterocycles. The first-order valence-electron chi connectivity index (χ1n) is 8.25. The minimum absolute atomic E-state index is 0.161. The third-order valence-corrected chi connectivity index (χ3v) is 3.83. The van der Waals surface area contributed by atoms with Gasteiger partial charge in [0.1, 0.15) is 11.6 Å². The molecule has 0 bridgehead atoms. The van der Waals surface area contributed by atoms with E-state index in [-0.39, 0.29) is 5.41 Å². The van der Waals surface area contributed by atoms with Crippen LogP contribution in [0.15, 0.2) is 54.6 Å². The molecule has 1 heterocycles. The highest BCUT2D eigenvalue weighted by atomic mass is 15.0. The van der Waals surface area contributed by atoms with E-state index in [0.717, 1.165) is 22.8 Å². The number of rotatable bonds is 3. The van der Waals surface area contributed by atoms with Gasteiger partial charge in [-0.2, -0.15) is 5.26 Å². The molecule has 3 aromatic rings. The highest BCUT2D eigenvalue weighted by Crippen LogP contribution is 2.22. The van der Waals surface area contributed by atoms with Crippen LogP contribution in [0.4, 0.5) is 0 Å². The van der Waals surface area contributed by atoms with Crippen LogP contribution in [0.25, 0.3) is 11.4 Å². The lowest BCUT2D eigenvalue weighted by molar-refractivity contribution is 0.538. The van der Waals surface area contributed by atoms with Crippen molar-refractivity contribution in [3.8, 4) is 17.5 Å². The molecule has 0 saturated heterocycles. The lowest BCUT2D eigenvalue weighted by Gasteiger charge is -2.18. The molecule has 0 unspecified atom stereocenters. The monoisotopic (exact) mass is 328 g/mol. The van der Waals surface area contributed by atoms with Gasteiger partial charge >= 0.3 is 0 Å². The molecule has 1 aromatic heterocycles. The van der Waals surface area contributed by atoms with Crippen LogP contribution in [0.2, 0.25) is 0 Å². The Kier molecular flexibility index (Phi) is 4.58. The van der Waals surface area contributed by atoms with Crippen LogP contribution in [0, 0.1) is 11.3 Å². The summed E-state index contributed by atoms with van der Waals surface area (Å²) in [5.74, 6) is 2.22. The van der Waals surface area contributed by atoms with Gasteiger partial charge in [0.15, 0.2) is 5.82 Å². The molecule has 0 aliphatic carbocycles. The van der Waals surface area contributed by atoms with E-state index < -0.39 is 0 Å². The van der Waals surface area contributed by atoms with Gasteiger partial charge in [0.25, 0.3) is 0 Å². The first-order valence-corrected chi connectivity index (χ1v) is 8.25. The highest BCUT2D eigenvalue weighted by molar-refractivity contribution is 5.54. The minimum atomic E-state index is -0.161. The van der Waals surface area contributed by atoms with Crippen molar-refractivity contribution in [1.29, 1.82) is 5.26 Å². The molecule has 0 N–H and O–H groups in total. The molecule has 0 spiro atoms. The molecule has 25 heavy (non-hydrogen) atoms. The molecule has 4 heteroatoms. The smallest absolute Gasteiger partial charge is 0.163 e. The van der Waals surface area contributed by atoms with Gasteiger partial charge in [-0.1, -0.05) is 63.2 Å². The Bertz CT molecular complexity index is 901. The van der Waals surface area contributed by atoms with Crippen molar-refractivity contribution in [1.82, 2.24) is 15.0 Å². The molecule has 4 nitrogen and oxygen atoms in total. The van der Waals surface area contributed by atoms with Crippen LogP contribution in [0.5, 0.6) is 0 Å². The minimum Gasteiger partial charge on any atom is -0.217 e. The summed E-state index contributed by atoms with van der Waals surface area (Å²) in [6.07, 6.45) is 0.608. The fourth-order valence-corrected chi connectivity index (χ4v) is 2.43. The van der Waals surface area contributed by atoms with Crippen molar-refractivity contribution in [2.45, 2.75) is 32.6 Å². The van der Waals surface area contributed by atoms with E-state index in [1.54, 1.807) is 0 Å². The SMILES string of the molecule is CC(C)(C)c1nc(Cc2ccc(C#N)cc2)nc(-c2ccccc2)n1. The second kappa shape index (κ2) is 6.82. The van der Waals surface area contributed by atoms with Crippen molar-refractivity contribution < 1.29 is 0 Å². The quantitative estimate of drug-likeness (QED) is 0.719. The third-order valence-electron chi connectivity index (χ3n) is 3.83. The molecule has 3 rings (SSSR count). The summed E-state index contributed by atoms with van der Waals surface area (Å²) in [6, 6.07) is 19.6. The molecule has 0 aliphatic rings. The molecule has 0 saturated carbocycles. The second-order valence-electron chi connectivity index (χ2n) is 7.00.